The number of hydrogen-bond donors (Lipinski definition) is 2. The van der Waals surface area contributed by atoms with E-state index >= 15 is 0 Å². The largest absolute Gasteiger partial charge is 0.481 e. The maximum Gasteiger partial charge on any atom is 0.307 e. The molecule has 0 saturated carbocycles. The summed E-state index contributed by atoms with van der Waals surface area (Å²) in [5.74, 6) is -2.07. The molecule has 10 heteroatoms. The Kier molecular flexibility index (Phi) is 9.58. The molecule has 0 radical (unpaired) electrons. The van der Waals surface area contributed by atoms with E-state index in [0.29, 0.717) is 25.0 Å². The summed E-state index contributed by atoms with van der Waals surface area (Å²) in [6.45, 7) is -0.0360. The second-order valence-corrected chi connectivity index (χ2v) is 5.97. The summed E-state index contributed by atoms with van der Waals surface area (Å²) >= 11 is 0. The molecular weight excluding hydrogens is 346 g/mol. The summed E-state index contributed by atoms with van der Waals surface area (Å²) < 4.78 is 0. The lowest BCUT2D eigenvalue weighted by atomic mass is 9.95. The number of carbonyl (C=O) groups is 3. The van der Waals surface area contributed by atoms with Crippen LogP contribution in [0.25, 0.3) is 0 Å². The Labute approximate surface area is 150 Å². The molecule has 0 bridgehead atoms. The normalized spacial score (nSPS) is 11.7. The molecule has 2 N–H and O–H groups in total. The molecule has 0 aliphatic rings. The Balaban J connectivity index is 2.18. The zero-order chi connectivity index (χ0) is 19.4. The second-order valence-electron chi connectivity index (χ2n) is 5.97. The highest BCUT2D eigenvalue weighted by molar-refractivity contribution is 5.84. The van der Waals surface area contributed by atoms with E-state index in [0.717, 1.165) is 0 Å². The van der Waals surface area contributed by atoms with Gasteiger partial charge in [-0.15, -0.1) is 10.1 Å². The molecule has 1 heterocycles. The topological polar surface area (TPSA) is 152 Å². The van der Waals surface area contributed by atoms with Gasteiger partial charge in [-0.2, -0.15) is 0 Å². The van der Waals surface area contributed by atoms with Crippen LogP contribution in [0, 0.1) is 16.0 Å². The summed E-state index contributed by atoms with van der Waals surface area (Å²) in [6.07, 6.45) is 5.05. The molecule has 0 amide bonds. The number of carboxylic acids is 1. The van der Waals surface area contributed by atoms with Crippen molar-refractivity contribution >= 4 is 17.5 Å². The second kappa shape index (κ2) is 11.7. The van der Waals surface area contributed by atoms with Crippen molar-refractivity contribution in [3.05, 3.63) is 28.3 Å². The SMILES string of the molecule is O=C(CCCCO[N+](=O)[O-])CCCC(=O)CC(Cc1cnc[nH]1)C(=O)O. The molecular formula is C16H23N3O7. The molecule has 0 aliphatic heterocycles. The molecule has 0 spiro atoms. The molecule has 26 heavy (non-hydrogen) atoms. The number of unbranched alkanes of at least 4 members (excludes halogenated alkanes) is 1. The van der Waals surface area contributed by atoms with Crippen LogP contribution in [0.15, 0.2) is 12.5 Å². The minimum atomic E-state index is -1.04. The van der Waals surface area contributed by atoms with E-state index in [1.807, 2.05) is 0 Å². The summed E-state index contributed by atoms with van der Waals surface area (Å²) in [5.41, 5.74) is 0.654. The number of aromatic amines is 1. The van der Waals surface area contributed by atoms with Crippen LogP contribution >= 0.6 is 0 Å². The molecule has 0 fully saturated rings. The molecule has 1 aromatic rings. The summed E-state index contributed by atoms with van der Waals surface area (Å²) in [7, 11) is 0. The number of carboxylic acid groups (broad SMARTS) is 1. The van der Waals surface area contributed by atoms with Gasteiger partial charge in [-0.05, 0) is 19.3 Å². The minimum absolute atomic E-state index is 0.0221. The predicted molar refractivity (Wildman–Crippen MR) is 88.7 cm³/mol. The van der Waals surface area contributed by atoms with Crippen LogP contribution in [0.5, 0.6) is 0 Å². The molecule has 0 saturated heterocycles. The number of H-pyrrole nitrogens is 1. The quantitative estimate of drug-likeness (QED) is 0.269. The van der Waals surface area contributed by atoms with Crippen molar-refractivity contribution in [3.8, 4) is 0 Å². The first-order chi connectivity index (χ1) is 12.4. The molecule has 0 aromatic carbocycles. The number of Topliss-reactive ketones (excluding diaryl/α,β-unsaturated/α-hetero) is 2. The lowest BCUT2D eigenvalue weighted by Gasteiger charge is -2.10. The van der Waals surface area contributed by atoms with E-state index in [-0.39, 0.29) is 50.3 Å². The average molecular weight is 369 g/mol. The Morgan fingerprint density at radius 1 is 1.19 bits per heavy atom. The van der Waals surface area contributed by atoms with Crippen molar-refractivity contribution in [1.29, 1.82) is 0 Å². The Bertz CT molecular complexity index is 601. The zero-order valence-electron chi connectivity index (χ0n) is 14.4. The van der Waals surface area contributed by atoms with Crippen LogP contribution in [0.1, 0.15) is 50.6 Å². The Hall–Kier alpha value is -2.78. The number of ketones is 2. The van der Waals surface area contributed by atoms with Crippen molar-refractivity contribution in [2.45, 2.75) is 51.4 Å². The zero-order valence-corrected chi connectivity index (χ0v) is 14.4. The van der Waals surface area contributed by atoms with E-state index in [9.17, 15) is 29.6 Å². The number of aromatic nitrogens is 2. The number of hydrogen-bond acceptors (Lipinski definition) is 7. The van der Waals surface area contributed by atoms with Crippen molar-refractivity contribution in [2.24, 2.45) is 5.92 Å². The Morgan fingerprint density at radius 3 is 2.50 bits per heavy atom. The highest BCUT2D eigenvalue weighted by atomic mass is 16.9. The molecule has 1 atom stereocenters. The van der Waals surface area contributed by atoms with Gasteiger partial charge in [0.2, 0.25) is 0 Å². The van der Waals surface area contributed by atoms with Crippen LogP contribution in [-0.4, -0.2) is 44.3 Å². The van der Waals surface area contributed by atoms with E-state index in [1.165, 1.54) is 12.5 Å². The fraction of sp³-hybridized carbons (Fsp3) is 0.625. The van der Waals surface area contributed by atoms with E-state index < -0.39 is 17.0 Å². The van der Waals surface area contributed by atoms with Gasteiger partial charge in [0, 0.05) is 44.0 Å². The van der Waals surface area contributed by atoms with E-state index in [4.69, 9.17) is 0 Å². The van der Waals surface area contributed by atoms with Crippen LogP contribution in [0.3, 0.4) is 0 Å². The van der Waals surface area contributed by atoms with Crippen LogP contribution < -0.4 is 0 Å². The van der Waals surface area contributed by atoms with E-state index in [2.05, 4.69) is 14.8 Å². The number of carbonyl (C=O) groups excluding carboxylic acids is 2. The third kappa shape index (κ3) is 9.50. The summed E-state index contributed by atoms with van der Waals surface area (Å²) in [5, 5.41) is 18.3. The van der Waals surface area contributed by atoms with Gasteiger partial charge in [0.1, 0.15) is 11.6 Å². The number of nitrogens with zero attached hydrogens (tertiary/aromatic N) is 2. The third-order valence-corrected chi connectivity index (χ3v) is 3.80. The van der Waals surface area contributed by atoms with Crippen LogP contribution in [0.4, 0.5) is 0 Å². The third-order valence-electron chi connectivity index (χ3n) is 3.80. The average Bonchev–Trinajstić information content (AvgIpc) is 3.06. The first-order valence-corrected chi connectivity index (χ1v) is 8.39. The fourth-order valence-electron chi connectivity index (χ4n) is 2.46. The lowest BCUT2D eigenvalue weighted by Crippen LogP contribution is -2.20. The van der Waals surface area contributed by atoms with Crippen molar-refractivity contribution in [3.63, 3.8) is 0 Å². The van der Waals surface area contributed by atoms with Gasteiger partial charge in [0.15, 0.2) is 0 Å². The van der Waals surface area contributed by atoms with Crippen molar-refractivity contribution in [2.75, 3.05) is 6.61 Å². The summed E-state index contributed by atoms with van der Waals surface area (Å²) in [6, 6.07) is 0. The molecule has 1 unspecified atom stereocenters. The Morgan fingerprint density at radius 2 is 1.88 bits per heavy atom. The lowest BCUT2D eigenvalue weighted by molar-refractivity contribution is -0.757. The van der Waals surface area contributed by atoms with Gasteiger partial charge in [-0.3, -0.25) is 14.4 Å². The minimum Gasteiger partial charge on any atom is -0.481 e. The van der Waals surface area contributed by atoms with Crippen molar-refractivity contribution < 1.29 is 29.4 Å². The van der Waals surface area contributed by atoms with Crippen molar-refractivity contribution in [1.82, 2.24) is 9.97 Å². The summed E-state index contributed by atoms with van der Waals surface area (Å²) in [4.78, 5) is 55.6. The van der Waals surface area contributed by atoms with Gasteiger partial charge in [0.05, 0.1) is 18.9 Å². The van der Waals surface area contributed by atoms with E-state index in [1.54, 1.807) is 0 Å². The maximum atomic E-state index is 12.0. The molecule has 144 valence electrons. The first kappa shape index (κ1) is 21.3. The fourth-order valence-corrected chi connectivity index (χ4v) is 2.46. The number of nitrogens with one attached hydrogen (secondary N) is 1. The first-order valence-electron chi connectivity index (χ1n) is 8.39. The predicted octanol–water partition coefficient (Wildman–Crippen LogP) is 1.73. The van der Waals surface area contributed by atoms with Gasteiger partial charge >= 0.3 is 5.97 Å². The number of rotatable bonds is 15. The van der Waals surface area contributed by atoms with Gasteiger partial charge in [-0.1, -0.05) is 0 Å². The highest BCUT2D eigenvalue weighted by Crippen LogP contribution is 2.14. The van der Waals surface area contributed by atoms with Gasteiger partial charge in [0.25, 0.3) is 5.09 Å². The van der Waals surface area contributed by atoms with Crippen LogP contribution in [-0.2, 0) is 25.6 Å². The monoisotopic (exact) mass is 369 g/mol. The molecule has 1 rings (SSSR count). The highest BCUT2D eigenvalue weighted by Gasteiger charge is 2.22. The standard InChI is InChI=1S/C16H23N3O7/c20-14(4-1-2-7-26-19(24)25)5-3-6-15(21)9-12(16(22)23)8-13-10-17-11-18-13/h10-12H,1-9H2,(H,17,18)(H,22,23). The number of imidazole rings is 1. The number of aliphatic carboxylic acids is 1. The smallest absolute Gasteiger partial charge is 0.307 e. The maximum absolute atomic E-state index is 12.0. The van der Waals surface area contributed by atoms with Crippen LogP contribution in [0.2, 0.25) is 0 Å². The molecule has 1 aromatic heterocycles. The van der Waals surface area contributed by atoms with Gasteiger partial charge < -0.3 is 14.9 Å². The van der Waals surface area contributed by atoms with Gasteiger partial charge in [-0.25, -0.2) is 4.98 Å². The molecule has 0 aliphatic carbocycles. The molecule has 10 nitrogen and oxygen atoms in total.